The number of carbonyl (C=O) groups is 1. The number of rotatable bonds is 5. The second-order valence-electron chi connectivity index (χ2n) is 8.07. The smallest absolute Gasteiger partial charge is 0.346 e. The van der Waals surface area contributed by atoms with Gasteiger partial charge >= 0.3 is 6.18 Å². The SMILES string of the molecule is Cc1cc(N2CC(c3cc(Cl)cc(Cl)c3)(C(F)(F)F)OS2(O)O)ccc1C(=O)NCc1ccccn1. The molecule has 4 rings (SSSR count). The van der Waals surface area contributed by atoms with Crippen LogP contribution in [0.3, 0.4) is 0 Å². The average Bonchev–Trinajstić information content (AvgIpc) is 3.10. The van der Waals surface area contributed by atoms with E-state index in [9.17, 15) is 27.1 Å². The lowest BCUT2D eigenvalue weighted by Crippen LogP contribution is -2.46. The van der Waals surface area contributed by atoms with Crippen LogP contribution in [0.4, 0.5) is 18.9 Å². The van der Waals surface area contributed by atoms with E-state index in [4.69, 9.17) is 27.4 Å². The summed E-state index contributed by atoms with van der Waals surface area (Å²) < 4.78 is 69.9. The molecule has 1 aliphatic rings. The summed E-state index contributed by atoms with van der Waals surface area (Å²) in [5, 5.41) is 2.57. The third-order valence-corrected chi connectivity index (χ3v) is 7.45. The second kappa shape index (κ2) is 9.73. The second-order valence-corrected chi connectivity index (χ2v) is 10.5. The predicted molar refractivity (Wildman–Crippen MR) is 132 cm³/mol. The van der Waals surface area contributed by atoms with Gasteiger partial charge in [-0.05, 0) is 66.6 Å². The number of amides is 1. The minimum Gasteiger partial charge on any atom is -0.346 e. The van der Waals surface area contributed by atoms with Gasteiger partial charge < -0.3 is 5.32 Å². The van der Waals surface area contributed by atoms with Crippen LogP contribution in [0, 0.1) is 6.92 Å². The van der Waals surface area contributed by atoms with Crippen LogP contribution >= 0.6 is 34.3 Å². The van der Waals surface area contributed by atoms with Crippen molar-refractivity contribution in [1.29, 1.82) is 0 Å². The van der Waals surface area contributed by atoms with Crippen molar-refractivity contribution in [1.82, 2.24) is 10.3 Å². The molecule has 3 N–H and O–H groups in total. The minimum atomic E-state index is -5.06. The number of nitrogens with zero attached hydrogens (tertiary/aromatic N) is 2. The lowest BCUT2D eigenvalue weighted by atomic mass is 9.92. The average molecular weight is 562 g/mol. The van der Waals surface area contributed by atoms with Crippen LogP contribution in [-0.4, -0.2) is 32.7 Å². The molecule has 2 aromatic carbocycles. The number of hydrogen-bond acceptors (Lipinski definition) is 6. The summed E-state index contributed by atoms with van der Waals surface area (Å²) in [4.78, 5) is 16.8. The zero-order valence-electron chi connectivity index (χ0n) is 18.6. The molecule has 0 radical (unpaired) electrons. The highest BCUT2D eigenvalue weighted by Gasteiger charge is 2.67. The first-order valence-corrected chi connectivity index (χ1v) is 12.6. The van der Waals surface area contributed by atoms with Gasteiger partial charge in [0.15, 0.2) is 11.1 Å². The predicted octanol–water partition coefficient (Wildman–Crippen LogP) is 6.50. The highest BCUT2D eigenvalue weighted by molar-refractivity contribution is 8.21. The molecule has 0 saturated carbocycles. The van der Waals surface area contributed by atoms with Crippen LogP contribution in [0.2, 0.25) is 10.0 Å². The fourth-order valence-corrected chi connectivity index (χ4v) is 5.81. The molecule has 3 aromatic rings. The molecule has 0 bridgehead atoms. The van der Waals surface area contributed by atoms with Gasteiger partial charge in [0.1, 0.15) is 0 Å². The van der Waals surface area contributed by atoms with Crippen molar-refractivity contribution in [3.8, 4) is 0 Å². The number of benzene rings is 2. The molecule has 1 aromatic heterocycles. The summed E-state index contributed by atoms with van der Waals surface area (Å²) >= 11 is 7.45. The van der Waals surface area contributed by atoms with Crippen LogP contribution in [-0.2, 0) is 16.3 Å². The Hall–Kier alpha value is -2.54. The van der Waals surface area contributed by atoms with Crippen molar-refractivity contribution >= 4 is 45.9 Å². The van der Waals surface area contributed by atoms with Gasteiger partial charge in [0, 0.05) is 21.8 Å². The molecule has 1 saturated heterocycles. The number of hydrogen-bond donors (Lipinski definition) is 3. The molecule has 1 fully saturated rings. The molecule has 0 spiro atoms. The van der Waals surface area contributed by atoms with E-state index in [0.29, 0.717) is 11.3 Å². The van der Waals surface area contributed by atoms with Crippen LogP contribution in [0.1, 0.15) is 27.2 Å². The number of halogens is 5. The van der Waals surface area contributed by atoms with Crippen molar-refractivity contribution in [3.05, 3.63) is 93.2 Å². The molecule has 36 heavy (non-hydrogen) atoms. The highest BCUT2D eigenvalue weighted by Crippen LogP contribution is 2.63. The van der Waals surface area contributed by atoms with E-state index in [1.807, 2.05) is 0 Å². The molecule has 0 aliphatic carbocycles. The maximum absolute atomic E-state index is 14.4. The van der Waals surface area contributed by atoms with Crippen molar-refractivity contribution in [2.24, 2.45) is 0 Å². The zero-order valence-corrected chi connectivity index (χ0v) is 20.9. The number of anilines is 1. The summed E-state index contributed by atoms with van der Waals surface area (Å²) in [7, 11) is 0. The maximum Gasteiger partial charge on any atom is 0.424 e. The Balaban J connectivity index is 1.64. The standard InChI is InChI=1S/C23H20Cl2F3N3O4S/c1-14-8-19(5-6-20(14)21(32)30-12-18-4-2-3-7-29-18)31-13-22(23(26,27)28,35-36(31,33)34)15-9-16(24)11-17(25)10-15/h2-11,33-34H,12-13H2,1H3,(H,30,32). The number of carbonyl (C=O) groups excluding carboxylic acids is 1. The molecule has 13 heteroatoms. The van der Waals surface area contributed by atoms with E-state index < -0.39 is 40.8 Å². The lowest BCUT2D eigenvalue weighted by molar-refractivity contribution is -0.244. The van der Waals surface area contributed by atoms with E-state index in [1.54, 1.807) is 31.3 Å². The molecule has 1 atom stereocenters. The molecule has 2 heterocycles. The van der Waals surface area contributed by atoms with Gasteiger partial charge in [-0.1, -0.05) is 29.3 Å². The Morgan fingerprint density at radius 3 is 2.44 bits per heavy atom. The van der Waals surface area contributed by atoms with E-state index in [2.05, 4.69) is 10.3 Å². The van der Waals surface area contributed by atoms with Gasteiger partial charge in [-0.3, -0.25) is 27.4 Å². The van der Waals surface area contributed by atoms with E-state index in [-0.39, 0.29) is 27.8 Å². The number of aromatic nitrogens is 1. The van der Waals surface area contributed by atoms with Crippen LogP contribution < -0.4 is 9.62 Å². The van der Waals surface area contributed by atoms with E-state index in [1.165, 1.54) is 24.3 Å². The van der Waals surface area contributed by atoms with Crippen molar-refractivity contribution < 1.29 is 31.3 Å². The van der Waals surface area contributed by atoms with Crippen molar-refractivity contribution in [3.63, 3.8) is 0 Å². The molecule has 192 valence electrons. The molecule has 7 nitrogen and oxygen atoms in total. The first-order valence-electron chi connectivity index (χ1n) is 10.4. The van der Waals surface area contributed by atoms with Gasteiger partial charge in [-0.25, -0.2) is 0 Å². The fraction of sp³-hybridized carbons (Fsp3) is 0.217. The topological polar surface area (TPSA) is 94.9 Å². The van der Waals surface area contributed by atoms with Gasteiger partial charge in [0.25, 0.3) is 5.91 Å². The molecule has 1 unspecified atom stereocenters. The Bertz CT molecular complexity index is 1280. The Morgan fingerprint density at radius 1 is 1.17 bits per heavy atom. The highest BCUT2D eigenvalue weighted by atomic mass is 35.5. The van der Waals surface area contributed by atoms with Gasteiger partial charge in [-0.2, -0.15) is 13.2 Å². The number of nitrogens with one attached hydrogen (secondary N) is 1. The first-order chi connectivity index (χ1) is 16.8. The maximum atomic E-state index is 14.4. The van der Waals surface area contributed by atoms with Crippen LogP contribution in [0.5, 0.6) is 0 Å². The minimum absolute atomic E-state index is 0.0213. The third-order valence-electron chi connectivity index (χ3n) is 5.59. The summed E-state index contributed by atoms with van der Waals surface area (Å²) in [5.74, 6) is -0.424. The fourth-order valence-electron chi connectivity index (χ4n) is 3.83. The number of aryl methyl sites for hydroxylation is 1. The van der Waals surface area contributed by atoms with Gasteiger partial charge in [-0.15, -0.1) is 0 Å². The summed E-state index contributed by atoms with van der Waals surface area (Å²) in [5.41, 5.74) is -2.27. The number of pyridine rings is 1. The lowest BCUT2D eigenvalue weighted by Gasteiger charge is -2.32. The molecular formula is C23H20Cl2F3N3O4S. The first kappa shape index (κ1) is 26.5. The monoisotopic (exact) mass is 561 g/mol. The Labute approximate surface area is 216 Å². The Kier molecular flexibility index (Phi) is 7.17. The van der Waals surface area contributed by atoms with Gasteiger partial charge in [0.2, 0.25) is 5.60 Å². The third kappa shape index (κ3) is 5.13. The van der Waals surface area contributed by atoms with E-state index >= 15 is 0 Å². The number of alkyl halides is 3. The van der Waals surface area contributed by atoms with Crippen LogP contribution in [0.25, 0.3) is 0 Å². The van der Waals surface area contributed by atoms with Crippen LogP contribution in [0.15, 0.2) is 60.8 Å². The van der Waals surface area contributed by atoms with Crippen molar-refractivity contribution in [2.45, 2.75) is 25.2 Å². The summed E-state index contributed by atoms with van der Waals surface area (Å²) in [6, 6.07) is 12.6. The zero-order chi connectivity index (χ0) is 26.3. The molecule has 1 amide bonds. The summed E-state index contributed by atoms with van der Waals surface area (Å²) in [6.45, 7) is 0.771. The normalized spacial score (nSPS) is 20.3. The van der Waals surface area contributed by atoms with E-state index in [0.717, 1.165) is 16.4 Å². The quantitative estimate of drug-likeness (QED) is 0.329. The largest absolute Gasteiger partial charge is 0.424 e. The van der Waals surface area contributed by atoms with Gasteiger partial charge in [0.05, 0.1) is 24.5 Å². The Morgan fingerprint density at radius 2 is 1.86 bits per heavy atom. The van der Waals surface area contributed by atoms with Crippen molar-refractivity contribution in [2.75, 3.05) is 10.8 Å². The summed E-state index contributed by atoms with van der Waals surface area (Å²) in [6.07, 6.45) is -3.46. The molecular weight excluding hydrogens is 542 g/mol. The molecule has 1 aliphatic heterocycles.